The maximum Gasteiger partial charge on any atom is 0.261 e. The zero-order chi connectivity index (χ0) is 42.2. The number of methoxy groups -OCH3 is 3. The van der Waals surface area contributed by atoms with Crippen LogP contribution < -0.4 is 19.5 Å². The lowest BCUT2D eigenvalue weighted by molar-refractivity contribution is -0.137. The van der Waals surface area contributed by atoms with E-state index in [1.165, 1.54) is 24.3 Å². The van der Waals surface area contributed by atoms with Gasteiger partial charge in [-0.25, -0.2) is 13.8 Å². The maximum absolute atomic E-state index is 14.4. The lowest BCUT2D eigenvalue weighted by Gasteiger charge is -2.34. The molecule has 2 N–H and O–H groups in total. The van der Waals surface area contributed by atoms with Crippen LogP contribution in [0.15, 0.2) is 84.9 Å². The Bertz CT molecular complexity index is 2270. The summed E-state index contributed by atoms with van der Waals surface area (Å²) >= 11 is 0. The molecular formula is C44H53F2N5O7S. The van der Waals surface area contributed by atoms with E-state index in [1.807, 2.05) is 47.4 Å². The summed E-state index contributed by atoms with van der Waals surface area (Å²) in [5, 5.41) is 3.73. The Morgan fingerprint density at radius 3 is 2.02 bits per heavy atom. The van der Waals surface area contributed by atoms with Gasteiger partial charge in [0.2, 0.25) is 17.6 Å². The van der Waals surface area contributed by atoms with Crippen LogP contribution in [0.25, 0.3) is 11.0 Å². The molecule has 5 aromatic rings. The van der Waals surface area contributed by atoms with E-state index < -0.39 is 15.5 Å². The van der Waals surface area contributed by atoms with E-state index in [2.05, 4.69) is 20.9 Å². The van der Waals surface area contributed by atoms with E-state index in [0.717, 1.165) is 85.4 Å². The summed E-state index contributed by atoms with van der Waals surface area (Å²) in [5.41, 5.74) is 4.29. The van der Waals surface area contributed by atoms with Crippen LogP contribution in [0.1, 0.15) is 48.8 Å². The van der Waals surface area contributed by atoms with Gasteiger partial charge in [-0.05, 0) is 110 Å². The SMILES string of the molecule is COc1cc(CN2CCC(CCCN3CCC(Nc4nc5ccccc5n4Cc4ccc(F)cc4)CC3)(Cc3ccc(F)cc3)C2=O)cc(OC)c1OC.CS(=O)(=O)O. The summed E-state index contributed by atoms with van der Waals surface area (Å²) in [4.78, 5) is 23.7. The molecule has 0 spiro atoms. The van der Waals surface area contributed by atoms with Gasteiger partial charge in [0.1, 0.15) is 11.6 Å². The Morgan fingerprint density at radius 2 is 1.42 bits per heavy atom. The number of carbonyl (C=O) groups excluding carboxylic acids is 1. The number of benzene rings is 4. The van der Waals surface area contributed by atoms with Crippen LogP contribution in [-0.2, 0) is 34.4 Å². The highest BCUT2D eigenvalue weighted by Gasteiger charge is 2.46. The summed E-state index contributed by atoms with van der Waals surface area (Å²) in [6.45, 7) is 4.46. The molecule has 2 fully saturated rings. The van der Waals surface area contributed by atoms with Gasteiger partial charge in [0.15, 0.2) is 11.5 Å². The molecule has 1 unspecified atom stereocenters. The number of para-hydroxylation sites is 2. The van der Waals surface area contributed by atoms with Gasteiger partial charge in [-0.15, -0.1) is 0 Å². The van der Waals surface area contributed by atoms with Crippen molar-refractivity contribution in [3.63, 3.8) is 0 Å². The van der Waals surface area contributed by atoms with E-state index in [4.69, 9.17) is 23.7 Å². The second kappa shape index (κ2) is 19.2. The van der Waals surface area contributed by atoms with Crippen LogP contribution in [0.3, 0.4) is 0 Å². The Balaban J connectivity index is 0.00000110. The highest BCUT2D eigenvalue weighted by Crippen LogP contribution is 2.43. The highest BCUT2D eigenvalue weighted by atomic mass is 32.2. The van der Waals surface area contributed by atoms with Gasteiger partial charge >= 0.3 is 0 Å². The zero-order valence-corrected chi connectivity index (χ0v) is 34.8. The van der Waals surface area contributed by atoms with Crippen LogP contribution in [-0.4, -0.2) is 98.0 Å². The maximum atomic E-state index is 14.4. The first-order chi connectivity index (χ1) is 28.3. The minimum Gasteiger partial charge on any atom is -0.493 e. The number of halogens is 2. The number of fused-ring (bicyclic) bond motifs is 1. The number of piperidine rings is 1. The largest absolute Gasteiger partial charge is 0.493 e. The molecule has 59 heavy (non-hydrogen) atoms. The third-order valence-electron chi connectivity index (χ3n) is 11.1. The van der Waals surface area contributed by atoms with E-state index in [9.17, 15) is 22.0 Å². The number of imidazole rings is 1. The molecular weight excluding hydrogens is 781 g/mol. The molecule has 0 aliphatic carbocycles. The second-order valence-corrected chi connectivity index (χ2v) is 16.8. The topological polar surface area (TPSA) is 135 Å². The number of ether oxygens (including phenoxy) is 3. The fourth-order valence-electron chi connectivity index (χ4n) is 8.21. The second-order valence-electron chi connectivity index (χ2n) is 15.3. The smallest absolute Gasteiger partial charge is 0.261 e. The Labute approximate surface area is 344 Å². The number of anilines is 1. The average molecular weight is 834 g/mol. The summed E-state index contributed by atoms with van der Waals surface area (Å²) < 4.78 is 72.1. The zero-order valence-electron chi connectivity index (χ0n) is 34.0. The number of amides is 1. The molecule has 1 atom stereocenters. The average Bonchev–Trinajstić information content (AvgIpc) is 3.71. The molecule has 3 heterocycles. The molecule has 4 aromatic carbocycles. The summed E-state index contributed by atoms with van der Waals surface area (Å²) in [6.07, 6.45) is 5.61. The minimum absolute atomic E-state index is 0.131. The summed E-state index contributed by atoms with van der Waals surface area (Å²) in [5.74, 6) is 2.06. The molecule has 0 saturated carbocycles. The molecule has 2 aliphatic heterocycles. The lowest BCUT2D eigenvalue weighted by Crippen LogP contribution is -2.41. The van der Waals surface area contributed by atoms with Gasteiger partial charge in [0.25, 0.3) is 10.1 Å². The van der Waals surface area contributed by atoms with Crippen molar-refractivity contribution in [2.45, 2.75) is 57.7 Å². The van der Waals surface area contributed by atoms with Crippen molar-refractivity contribution in [2.75, 3.05) is 59.1 Å². The highest BCUT2D eigenvalue weighted by molar-refractivity contribution is 7.85. The summed E-state index contributed by atoms with van der Waals surface area (Å²) in [6, 6.07) is 25.4. The van der Waals surface area contributed by atoms with Crippen LogP contribution >= 0.6 is 0 Å². The van der Waals surface area contributed by atoms with Gasteiger partial charge in [-0.2, -0.15) is 8.42 Å². The van der Waals surface area contributed by atoms with Crippen molar-refractivity contribution in [2.24, 2.45) is 5.41 Å². The lowest BCUT2D eigenvalue weighted by atomic mass is 9.76. The third-order valence-corrected chi connectivity index (χ3v) is 11.1. The molecule has 0 radical (unpaired) electrons. The number of hydrogen-bond donors (Lipinski definition) is 2. The van der Waals surface area contributed by atoms with E-state index in [1.54, 1.807) is 33.5 Å². The number of aromatic nitrogens is 2. The molecule has 1 amide bonds. The quantitative estimate of drug-likeness (QED) is 0.104. The van der Waals surface area contributed by atoms with Crippen molar-refractivity contribution < 1.29 is 40.8 Å². The number of nitrogens with zero attached hydrogens (tertiary/aromatic N) is 4. The van der Waals surface area contributed by atoms with Gasteiger partial charge in [-0.3, -0.25) is 9.35 Å². The van der Waals surface area contributed by atoms with E-state index in [-0.39, 0.29) is 23.6 Å². The van der Waals surface area contributed by atoms with Crippen molar-refractivity contribution in [1.82, 2.24) is 19.4 Å². The first-order valence-corrected chi connectivity index (χ1v) is 21.6. The Morgan fingerprint density at radius 1 is 0.831 bits per heavy atom. The number of likely N-dealkylation sites (tertiary alicyclic amines) is 2. The van der Waals surface area contributed by atoms with Crippen LogP contribution in [0, 0.1) is 17.0 Å². The van der Waals surface area contributed by atoms with Gasteiger partial charge in [0, 0.05) is 32.2 Å². The van der Waals surface area contributed by atoms with Gasteiger partial charge in [-0.1, -0.05) is 36.4 Å². The number of nitrogens with one attached hydrogen (secondary N) is 1. The number of carbonyl (C=O) groups is 1. The van der Waals surface area contributed by atoms with Crippen LogP contribution in [0.5, 0.6) is 17.2 Å². The molecule has 0 bridgehead atoms. The Kier molecular flexibility index (Phi) is 14.1. The summed E-state index contributed by atoms with van der Waals surface area (Å²) in [7, 11) is 1.08. The molecule has 2 saturated heterocycles. The fourth-order valence-corrected chi connectivity index (χ4v) is 8.21. The Hall–Kier alpha value is -5.25. The minimum atomic E-state index is -3.67. The normalized spacial score (nSPS) is 17.5. The van der Waals surface area contributed by atoms with Crippen molar-refractivity contribution in [3.8, 4) is 17.2 Å². The molecule has 1 aromatic heterocycles. The van der Waals surface area contributed by atoms with Crippen molar-refractivity contribution in [1.29, 1.82) is 0 Å². The van der Waals surface area contributed by atoms with Crippen LogP contribution in [0.2, 0.25) is 0 Å². The predicted molar refractivity (Wildman–Crippen MR) is 224 cm³/mol. The molecule has 15 heteroatoms. The van der Waals surface area contributed by atoms with Crippen LogP contribution in [0.4, 0.5) is 14.7 Å². The fraction of sp³-hybridized carbons (Fsp3) is 0.409. The van der Waals surface area contributed by atoms with E-state index in [0.29, 0.717) is 49.6 Å². The van der Waals surface area contributed by atoms with Gasteiger partial charge in [0.05, 0.1) is 50.6 Å². The van der Waals surface area contributed by atoms with Crippen molar-refractivity contribution >= 4 is 33.0 Å². The molecule has 7 rings (SSSR count). The predicted octanol–water partition coefficient (Wildman–Crippen LogP) is 7.21. The first kappa shape index (κ1) is 43.3. The standard InChI is InChI=1S/C43H49F2N5O4.CH4O3S/c1-52-38-25-32(26-39(53-2)40(38)54-3)28-49-24-20-43(41(49)51,27-30-9-13-33(44)14-10-30)19-6-21-48-22-17-35(18-23-48)46-42-47-36-7-4-5-8-37(36)50(42)29-31-11-15-34(45)16-12-31;1-5(2,3)4/h4-5,7-16,25-26,35H,6,17-24,27-29H2,1-3H3,(H,46,47);1H3,(H,2,3,4). The van der Waals surface area contributed by atoms with Gasteiger partial charge < -0.3 is 33.9 Å². The molecule has 316 valence electrons. The number of hydrogen-bond acceptors (Lipinski definition) is 9. The molecule has 12 nitrogen and oxygen atoms in total. The van der Waals surface area contributed by atoms with Crippen molar-refractivity contribution in [3.05, 3.63) is 113 Å². The third kappa shape index (κ3) is 11.3. The van der Waals surface area contributed by atoms with E-state index >= 15 is 0 Å². The monoisotopic (exact) mass is 833 g/mol. The first-order valence-electron chi connectivity index (χ1n) is 19.7. The molecule has 2 aliphatic rings. The number of rotatable bonds is 15.